The van der Waals surface area contributed by atoms with Crippen LogP contribution in [0.5, 0.6) is 0 Å². The zero-order chi connectivity index (χ0) is 29.5. The predicted octanol–water partition coefficient (Wildman–Crippen LogP) is 7.35. The van der Waals surface area contributed by atoms with E-state index >= 15 is 0 Å². The molecule has 2 aliphatic rings. The van der Waals surface area contributed by atoms with Gasteiger partial charge in [-0.25, -0.2) is 9.37 Å². The summed E-state index contributed by atoms with van der Waals surface area (Å²) in [6.45, 7) is 13.7. The number of imidazole rings is 1. The van der Waals surface area contributed by atoms with Crippen molar-refractivity contribution in [1.82, 2.24) is 19.8 Å². The molecule has 6 nitrogen and oxygen atoms in total. The van der Waals surface area contributed by atoms with Gasteiger partial charge in [-0.15, -0.1) is 0 Å². The van der Waals surface area contributed by atoms with Gasteiger partial charge in [0.15, 0.2) is 0 Å². The highest BCUT2D eigenvalue weighted by Crippen LogP contribution is 2.33. The number of allylic oxidation sites excluding steroid dienone is 1. The molecule has 2 atom stereocenters. The number of rotatable bonds is 12. The minimum absolute atomic E-state index is 0.205. The minimum Gasteiger partial charge on any atom is -0.342 e. The molecule has 1 unspecified atom stereocenters. The molecule has 226 valence electrons. The van der Waals surface area contributed by atoms with Crippen LogP contribution >= 0.6 is 0 Å². The van der Waals surface area contributed by atoms with Gasteiger partial charge < -0.3 is 25.0 Å². The number of hydrogen-bond donors (Lipinski definition) is 2. The fraction of sp³-hybridized carbons (Fsp3) is 0.514. The van der Waals surface area contributed by atoms with Crippen LogP contribution in [-0.4, -0.2) is 46.7 Å². The second kappa shape index (κ2) is 14.3. The fourth-order valence-corrected chi connectivity index (χ4v) is 6.74. The lowest BCUT2D eigenvalue weighted by atomic mass is 9.94. The lowest BCUT2D eigenvalue weighted by Crippen LogP contribution is -2.44. The van der Waals surface area contributed by atoms with E-state index in [1.807, 2.05) is 12.1 Å². The smallest absolute Gasteiger partial charge is 0.125 e. The molecular weight excluding hydrogens is 523 g/mol. The van der Waals surface area contributed by atoms with Crippen molar-refractivity contribution in [2.24, 2.45) is 0 Å². The molecule has 0 aliphatic carbocycles. The van der Waals surface area contributed by atoms with Crippen molar-refractivity contribution in [3.63, 3.8) is 0 Å². The lowest BCUT2D eigenvalue weighted by molar-refractivity contribution is 0.109. The number of unbranched alkanes of at least 4 members (excludes halogenated alkanes) is 1. The Labute approximate surface area is 252 Å². The third-order valence-corrected chi connectivity index (χ3v) is 8.93. The summed E-state index contributed by atoms with van der Waals surface area (Å²) in [4.78, 5) is 9.88. The molecule has 0 radical (unpaired) electrons. The first-order valence-corrected chi connectivity index (χ1v) is 16.0. The molecule has 42 heavy (non-hydrogen) atoms. The quantitative estimate of drug-likeness (QED) is 0.238. The number of hydrogen-bond acceptors (Lipinski definition) is 5. The van der Waals surface area contributed by atoms with E-state index in [0.717, 1.165) is 88.4 Å². The van der Waals surface area contributed by atoms with Crippen molar-refractivity contribution in [2.75, 3.05) is 36.4 Å². The largest absolute Gasteiger partial charge is 0.342 e. The zero-order valence-corrected chi connectivity index (χ0v) is 26.0. The minimum atomic E-state index is -0.205. The van der Waals surface area contributed by atoms with Gasteiger partial charge in [0, 0.05) is 68.3 Å². The summed E-state index contributed by atoms with van der Waals surface area (Å²) in [5.41, 5.74) is 5.87. The number of piperidine rings is 1. The van der Waals surface area contributed by atoms with Crippen molar-refractivity contribution >= 4 is 11.4 Å². The van der Waals surface area contributed by atoms with Crippen molar-refractivity contribution < 1.29 is 4.39 Å². The van der Waals surface area contributed by atoms with Crippen LogP contribution in [0.3, 0.4) is 0 Å². The van der Waals surface area contributed by atoms with Gasteiger partial charge in [-0.05, 0) is 82.4 Å². The van der Waals surface area contributed by atoms with E-state index in [2.05, 4.69) is 83.0 Å². The summed E-state index contributed by atoms with van der Waals surface area (Å²) < 4.78 is 17.0. The maximum absolute atomic E-state index is 14.4. The second-order valence-corrected chi connectivity index (χ2v) is 12.0. The highest BCUT2D eigenvalue weighted by Gasteiger charge is 2.31. The van der Waals surface area contributed by atoms with Crippen LogP contribution in [0.1, 0.15) is 81.2 Å². The van der Waals surface area contributed by atoms with Crippen molar-refractivity contribution in [1.29, 1.82) is 0 Å². The van der Waals surface area contributed by atoms with Gasteiger partial charge in [0.05, 0.1) is 5.69 Å². The van der Waals surface area contributed by atoms with Crippen molar-refractivity contribution in [2.45, 2.75) is 91.3 Å². The van der Waals surface area contributed by atoms with Gasteiger partial charge in [-0.3, -0.25) is 0 Å². The van der Waals surface area contributed by atoms with E-state index < -0.39 is 0 Å². The standard InChI is InChI=1S/C35H49FN6/c1-5-7-12-35(39-29-15-13-26(3)14-16-29)41(31-11-8-10-28(36)23-31)21-9-20-40-22-18-32(24-30(40)6-2)42-27(4)38-33-25-37-19-17-34(33)42/h8,10-16,23,30,32,37,39H,5-7,9,17-22,24-25H2,1-4H3/b35-12+/t30-,32?/m1/s1. The van der Waals surface area contributed by atoms with Gasteiger partial charge in [0.1, 0.15) is 17.5 Å². The molecule has 3 heterocycles. The molecule has 0 saturated carbocycles. The summed E-state index contributed by atoms with van der Waals surface area (Å²) in [5.74, 6) is 1.99. The molecule has 1 saturated heterocycles. The number of aromatic nitrogens is 2. The first kappa shape index (κ1) is 30.3. The third kappa shape index (κ3) is 7.24. The van der Waals surface area contributed by atoms with Gasteiger partial charge in [0.25, 0.3) is 0 Å². The molecule has 2 aromatic carbocycles. The Morgan fingerprint density at radius 1 is 1.17 bits per heavy atom. The molecule has 0 amide bonds. The first-order chi connectivity index (χ1) is 20.5. The monoisotopic (exact) mass is 572 g/mol. The van der Waals surface area contributed by atoms with E-state index in [-0.39, 0.29) is 5.82 Å². The number of anilines is 2. The molecule has 3 aromatic rings. The van der Waals surface area contributed by atoms with Crippen molar-refractivity contribution in [3.8, 4) is 0 Å². The number of benzene rings is 2. The average Bonchev–Trinajstić information content (AvgIpc) is 3.34. The van der Waals surface area contributed by atoms with Gasteiger partial charge in [-0.1, -0.05) is 44.0 Å². The topological polar surface area (TPSA) is 48.4 Å². The average molecular weight is 573 g/mol. The Balaban J connectivity index is 1.28. The summed E-state index contributed by atoms with van der Waals surface area (Å²) in [6.07, 6.45) is 9.84. The molecule has 1 aromatic heterocycles. The van der Waals surface area contributed by atoms with Gasteiger partial charge >= 0.3 is 0 Å². The van der Waals surface area contributed by atoms with Crippen LogP contribution in [0.4, 0.5) is 15.8 Å². The molecule has 5 rings (SSSR count). The van der Waals surface area contributed by atoms with Crippen LogP contribution in [0.2, 0.25) is 0 Å². The van der Waals surface area contributed by atoms with E-state index in [9.17, 15) is 4.39 Å². The highest BCUT2D eigenvalue weighted by molar-refractivity contribution is 5.59. The first-order valence-electron chi connectivity index (χ1n) is 16.0. The number of fused-ring (bicyclic) bond motifs is 1. The van der Waals surface area contributed by atoms with E-state index in [4.69, 9.17) is 4.98 Å². The molecule has 7 heteroatoms. The molecule has 2 N–H and O–H groups in total. The van der Waals surface area contributed by atoms with E-state index in [1.165, 1.54) is 35.3 Å². The predicted molar refractivity (Wildman–Crippen MR) is 172 cm³/mol. The van der Waals surface area contributed by atoms with Crippen LogP contribution in [0.25, 0.3) is 0 Å². The maximum atomic E-state index is 14.4. The van der Waals surface area contributed by atoms with Gasteiger partial charge in [0.2, 0.25) is 0 Å². The second-order valence-electron chi connectivity index (χ2n) is 12.0. The molecule has 0 spiro atoms. The number of likely N-dealkylation sites (tertiary alicyclic amines) is 1. The normalized spacial score (nSPS) is 19.5. The highest BCUT2D eigenvalue weighted by atomic mass is 19.1. The molecular formula is C35H49FN6. The van der Waals surface area contributed by atoms with Crippen LogP contribution in [0, 0.1) is 19.7 Å². The summed E-state index contributed by atoms with van der Waals surface area (Å²) in [6, 6.07) is 16.6. The Kier molecular flexibility index (Phi) is 10.3. The van der Waals surface area contributed by atoms with Crippen LogP contribution in [0.15, 0.2) is 60.4 Å². The van der Waals surface area contributed by atoms with Crippen LogP contribution in [-0.2, 0) is 13.0 Å². The van der Waals surface area contributed by atoms with Crippen LogP contribution < -0.4 is 15.5 Å². The number of nitrogens with zero attached hydrogens (tertiary/aromatic N) is 4. The Bertz CT molecular complexity index is 1330. The maximum Gasteiger partial charge on any atom is 0.125 e. The molecule has 0 bridgehead atoms. The number of nitrogens with one attached hydrogen (secondary N) is 2. The summed E-state index contributed by atoms with van der Waals surface area (Å²) in [5, 5.41) is 7.13. The van der Waals surface area contributed by atoms with E-state index in [0.29, 0.717) is 12.1 Å². The lowest BCUT2D eigenvalue weighted by Gasteiger charge is -2.41. The van der Waals surface area contributed by atoms with Gasteiger partial charge in [-0.2, -0.15) is 0 Å². The molecule has 2 aliphatic heterocycles. The summed E-state index contributed by atoms with van der Waals surface area (Å²) in [7, 11) is 0. The van der Waals surface area contributed by atoms with Crippen molar-refractivity contribution in [3.05, 3.63) is 89.0 Å². The Morgan fingerprint density at radius 3 is 2.76 bits per heavy atom. The summed E-state index contributed by atoms with van der Waals surface area (Å²) >= 11 is 0. The van der Waals surface area contributed by atoms with E-state index in [1.54, 1.807) is 6.07 Å². The zero-order valence-electron chi connectivity index (χ0n) is 26.0. The Morgan fingerprint density at radius 2 is 2.00 bits per heavy atom. The number of halogens is 1. The fourth-order valence-electron chi connectivity index (χ4n) is 6.74. The molecule has 1 fully saturated rings. The SMILES string of the molecule is CCC/C=C(\Nc1ccc(C)cc1)N(CCCN1CCC(n2c(C)nc3c2CCNC3)C[C@H]1CC)c1cccc(F)c1. The number of aryl methyl sites for hydroxylation is 2. The third-order valence-electron chi connectivity index (χ3n) is 8.93. The Hall–Kier alpha value is -3.16.